The summed E-state index contributed by atoms with van der Waals surface area (Å²) in [4.78, 5) is 11.6. The van der Waals surface area contributed by atoms with E-state index in [0.717, 1.165) is 25.7 Å². The smallest absolute Gasteiger partial charge is 0.728 e. The molecule has 1 aromatic rings. The van der Waals surface area contributed by atoms with Gasteiger partial charge in [0.2, 0.25) is 10.3 Å². The topological polar surface area (TPSA) is 108 Å². The van der Waals surface area contributed by atoms with E-state index in [0.29, 0.717) is 12.2 Å². The van der Waals surface area contributed by atoms with Crippen molar-refractivity contribution in [2.24, 2.45) is 9.63 Å². The molecule has 0 atom stereocenters. The van der Waals surface area contributed by atoms with E-state index in [2.05, 4.69) is 16.6 Å². The average molecular weight is 350 g/mol. The van der Waals surface area contributed by atoms with E-state index < -0.39 is 10.3 Å². The maximum Gasteiger partial charge on any atom is 1.00 e. The second-order valence-electron chi connectivity index (χ2n) is 4.74. The predicted molar refractivity (Wildman–Crippen MR) is 79.7 cm³/mol. The van der Waals surface area contributed by atoms with Gasteiger partial charge in [0, 0.05) is 6.42 Å². The standard InChI is InChI=1S/C14H20N2O5S.Na/c1-2-3-4-5-6-7-14(17)21-13-10-8-12(9-11-13)15-16-22(18,19)20;/h8-11H,2-7H2,1H3,(H,18,19,20);/q;+1/p-1. The van der Waals surface area contributed by atoms with Gasteiger partial charge in [0.1, 0.15) is 5.75 Å². The number of rotatable bonds is 9. The van der Waals surface area contributed by atoms with Crippen LogP contribution in [0.2, 0.25) is 0 Å². The van der Waals surface area contributed by atoms with Crippen molar-refractivity contribution in [2.45, 2.75) is 45.4 Å². The number of esters is 1. The molecule has 0 N–H and O–H groups in total. The van der Waals surface area contributed by atoms with E-state index in [1.165, 1.54) is 30.7 Å². The molecule has 0 radical (unpaired) electrons. The minimum Gasteiger partial charge on any atom is -0.728 e. The number of unbranched alkanes of at least 4 members (excludes halogenated alkanes) is 4. The first kappa shape index (κ1) is 22.2. The van der Waals surface area contributed by atoms with Crippen molar-refractivity contribution in [2.75, 3.05) is 0 Å². The van der Waals surface area contributed by atoms with Gasteiger partial charge in [-0.2, -0.15) is 0 Å². The number of hydrogen-bond donors (Lipinski definition) is 0. The number of carbonyl (C=O) groups is 1. The van der Waals surface area contributed by atoms with Gasteiger partial charge >= 0.3 is 35.5 Å². The summed E-state index contributed by atoms with van der Waals surface area (Å²) in [5.74, 6) is 0.0236. The van der Waals surface area contributed by atoms with Gasteiger partial charge in [-0.1, -0.05) is 37.1 Å². The SMILES string of the molecule is CCCCCCCC(=O)Oc1ccc(N=NS(=O)(=O)[O-])cc1.[Na+]. The van der Waals surface area contributed by atoms with Gasteiger partial charge in [0.05, 0.1) is 5.69 Å². The van der Waals surface area contributed by atoms with Crippen LogP contribution in [0.25, 0.3) is 0 Å². The van der Waals surface area contributed by atoms with Crippen LogP contribution in [-0.2, 0) is 15.1 Å². The van der Waals surface area contributed by atoms with Gasteiger partial charge in [-0.3, -0.25) is 4.79 Å². The molecule has 0 saturated heterocycles. The Morgan fingerprint density at radius 3 is 2.30 bits per heavy atom. The summed E-state index contributed by atoms with van der Waals surface area (Å²) in [5.41, 5.74) is 0.179. The quantitative estimate of drug-likeness (QED) is 0.161. The van der Waals surface area contributed by atoms with Crippen molar-refractivity contribution in [1.82, 2.24) is 0 Å². The number of hydrogen-bond acceptors (Lipinski definition) is 6. The second kappa shape index (κ2) is 11.7. The van der Waals surface area contributed by atoms with Crippen molar-refractivity contribution < 1.29 is 52.1 Å². The molecular weight excluding hydrogens is 331 g/mol. The molecule has 0 fully saturated rings. The fraction of sp³-hybridized carbons (Fsp3) is 0.500. The van der Waals surface area contributed by atoms with Crippen LogP contribution >= 0.6 is 0 Å². The first-order valence-corrected chi connectivity index (χ1v) is 8.47. The number of ether oxygens (including phenoxy) is 1. The van der Waals surface area contributed by atoms with E-state index in [-0.39, 0.29) is 41.2 Å². The Bertz CT molecular complexity index is 602. The fourth-order valence-corrected chi connectivity index (χ4v) is 1.93. The third-order valence-corrected chi connectivity index (χ3v) is 3.09. The molecule has 7 nitrogen and oxygen atoms in total. The summed E-state index contributed by atoms with van der Waals surface area (Å²) >= 11 is 0. The summed E-state index contributed by atoms with van der Waals surface area (Å²) in [5, 5.41) is 3.26. The van der Waals surface area contributed by atoms with E-state index in [1.807, 2.05) is 0 Å². The van der Waals surface area contributed by atoms with Crippen LogP contribution in [0, 0.1) is 0 Å². The summed E-state index contributed by atoms with van der Waals surface area (Å²) in [7, 11) is -4.75. The molecule has 0 aliphatic rings. The Balaban J connectivity index is 0.00000484. The van der Waals surface area contributed by atoms with Crippen LogP contribution in [0.5, 0.6) is 5.75 Å². The van der Waals surface area contributed by atoms with Crippen molar-refractivity contribution >= 4 is 22.0 Å². The third kappa shape index (κ3) is 11.4. The minimum atomic E-state index is -4.75. The molecule has 0 bridgehead atoms. The van der Waals surface area contributed by atoms with Crippen molar-refractivity contribution in [3.05, 3.63) is 24.3 Å². The molecule has 0 heterocycles. The Morgan fingerprint density at radius 2 is 1.74 bits per heavy atom. The van der Waals surface area contributed by atoms with Crippen molar-refractivity contribution in [3.63, 3.8) is 0 Å². The Labute approximate surface area is 158 Å². The van der Waals surface area contributed by atoms with Gasteiger partial charge in [0.15, 0.2) is 0 Å². The molecule has 122 valence electrons. The molecule has 0 aliphatic heterocycles. The number of nitrogens with zero attached hydrogens (tertiary/aromatic N) is 2. The maximum absolute atomic E-state index is 11.6. The van der Waals surface area contributed by atoms with E-state index >= 15 is 0 Å². The van der Waals surface area contributed by atoms with Crippen LogP contribution in [0.3, 0.4) is 0 Å². The first-order valence-electron chi connectivity index (χ1n) is 7.10. The Kier molecular flexibility index (Phi) is 11.3. The van der Waals surface area contributed by atoms with Gasteiger partial charge in [0.25, 0.3) is 0 Å². The minimum absolute atomic E-state index is 0. The van der Waals surface area contributed by atoms with Gasteiger partial charge in [-0.05, 0) is 30.7 Å². The first-order chi connectivity index (χ1) is 10.4. The van der Waals surface area contributed by atoms with E-state index in [9.17, 15) is 17.8 Å². The second-order valence-corrected chi connectivity index (χ2v) is 5.76. The van der Waals surface area contributed by atoms with Crippen molar-refractivity contribution in [3.8, 4) is 5.75 Å². The molecule has 1 rings (SSSR count). The van der Waals surface area contributed by atoms with Gasteiger partial charge in [-0.25, -0.2) is 8.42 Å². The molecular formula is C14H19N2NaO5S. The molecule has 0 unspecified atom stereocenters. The number of carbonyl (C=O) groups excluding carboxylic acids is 1. The zero-order chi connectivity index (χ0) is 16.4. The van der Waals surface area contributed by atoms with E-state index in [4.69, 9.17) is 4.74 Å². The summed E-state index contributed by atoms with van der Waals surface area (Å²) in [6.45, 7) is 2.13. The van der Waals surface area contributed by atoms with Crippen LogP contribution in [-0.4, -0.2) is 18.9 Å². The molecule has 9 heteroatoms. The summed E-state index contributed by atoms with van der Waals surface area (Å²) in [6, 6.07) is 5.72. The zero-order valence-electron chi connectivity index (χ0n) is 13.4. The normalized spacial score (nSPS) is 11.2. The molecule has 0 spiro atoms. The Morgan fingerprint density at radius 1 is 1.13 bits per heavy atom. The van der Waals surface area contributed by atoms with Gasteiger partial charge in [-0.15, -0.1) is 5.11 Å². The van der Waals surface area contributed by atoms with Crippen LogP contribution < -0.4 is 34.3 Å². The Hall–Kier alpha value is -0.800. The van der Waals surface area contributed by atoms with Crippen LogP contribution in [0.15, 0.2) is 33.9 Å². The summed E-state index contributed by atoms with van der Waals surface area (Å²) < 4.78 is 38.6. The predicted octanol–water partition coefficient (Wildman–Crippen LogP) is 0.500. The number of benzene rings is 1. The summed E-state index contributed by atoms with van der Waals surface area (Å²) in [6.07, 6.45) is 5.61. The molecule has 0 aromatic heterocycles. The molecule has 1 aromatic carbocycles. The molecule has 0 amide bonds. The molecule has 0 aliphatic carbocycles. The molecule has 23 heavy (non-hydrogen) atoms. The fourth-order valence-electron chi connectivity index (χ4n) is 1.73. The zero-order valence-corrected chi connectivity index (χ0v) is 16.2. The van der Waals surface area contributed by atoms with Crippen LogP contribution in [0.4, 0.5) is 5.69 Å². The van der Waals surface area contributed by atoms with Gasteiger partial charge < -0.3 is 9.29 Å². The largest absolute Gasteiger partial charge is 1.00 e. The van der Waals surface area contributed by atoms with Crippen molar-refractivity contribution in [1.29, 1.82) is 0 Å². The van der Waals surface area contributed by atoms with E-state index in [1.54, 1.807) is 0 Å². The third-order valence-electron chi connectivity index (χ3n) is 2.81. The van der Waals surface area contributed by atoms with Crippen LogP contribution in [0.1, 0.15) is 45.4 Å². The monoisotopic (exact) mass is 350 g/mol. The molecule has 0 saturated carbocycles. The average Bonchev–Trinajstić information content (AvgIpc) is 2.45. The maximum atomic E-state index is 11.6.